The molecule has 1 heterocycles. The largest absolute Gasteiger partial charge is 0.347 e. The van der Waals surface area contributed by atoms with Crippen molar-refractivity contribution < 1.29 is 19.1 Å². The van der Waals surface area contributed by atoms with Crippen LogP contribution < -0.4 is 10.6 Å². The molecule has 8 heteroatoms. The van der Waals surface area contributed by atoms with Crippen LogP contribution in [-0.2, 0) is 14.3 Å². The number of ether oxygens (including phenoxy) is 1. The number of likely N-dealkylation sites (tertiary alicyclic amines) is 1. The second kappa shape index (κ2) is 12.9. The number of amides is 4. The second-order valence-electron chi connectivity index (χ2n) is 8.98. The predicted octanol–water partition coefficient (Wildman–Crippen LogP) is 3.61. The van der Waals surface area contributed by atoms with Crippen LogP contribution in [0.3, 0.4) is 0 Å². The molecule has 2 atom stereocenters. The molecule has 0 saturated carbocycles. The lowest BCUT2D eigenvalue weighted by atomic mass is 9.72. The van der Waals surface area contributed by atoms with Gasteiger partial charge in [0.05, 0.1) is 11.5 Å². The second-order valence-corrected chi connectivity index (χ2v) is 8.98. The number of hydrogen-bond donors (Lipinski definition) is 2. The van der Waals surface area contributed by atoms with Gasteiger partial charge < -0.3 is 20.3 Å². The van der Waals surface area contributed by atoms with E-state index in [1.807, 2.05) is 59.0 Å². The molecule has 0 unspecified atom stereocenters. The zero-order chi connectivity index (χ0) is 25.3. The van der Waals surface area contributed by atoms with Crippen molar-refractivity contribution >= 4 is 17.8 Å². The quantitative estimate of drug-likeness (QED) is 0.426. The van der Waals surface area contributed by atoms with Crippen molar-refractivity contribution in [1.82, 2.24) is 20.4 Å². The number of aryl methyl sites for hydroxylation is 1. The number of β-lactam (4-membered cyclic amide) rings is 1. The van der Waals surface area contributed by atoms with E-state index in [1.165, 1.54) is 4.90 Å². The monoisotopic (exact) mass is 474 g/mol. The number of urea groups is 1. The van der Waals surface area contributed by atoms with Crippen LogP contribution in [0.15, 0.2) is 24.3 Å². The molecule has 34 heavy (non-hydrogen) atoms. The van der Waals surface area contributed by atoms with Crippen molar-refractivity contribution in [1.29, 1.82) is 0 Å². The number of rotatable bonds is 13. The van der Waals surface area contributed by atoms with Gasteiger partial charge in [-0.05, 0) is 45.7 Å². The van der Waals surface area contributed by atoms with E-state index < -0.39 is 17.7 Å². The van der Waals surface area contributed by atoms with Crippen LogP contribution in [0.2, 0.25) is 0 Å². The average molecular weight is 475 g/mol. The molecule has 1 fully saturated rings. The van der Waals surface area contributed by atoms with Crippen LogP contribution in [-0.4, -0.2) is 67.2 Å². The number of carbonyl (C=O) groups excluding carboxylic acids is 3. The fraction of sp³-hybridized carbons (Fsp3) is 0.654. The van der Waals surface area contributed by atoms with Crippen molar-refractivity contribution in [2.75, 3.05) is 33.3 Å². The minimum absolute atomic E-state index is 0.151. The summed E-state index contributed by atoms with van der Waals surface area (Å²) in [7, 11) is 1.84. The van der Waals surface area contributed by atoms with Crippen molar-refractivity contribution in [2.24, 2.45) is 5.41 Å². The van der Waals surface area contributed by atoms with E-state index in [1.54, 1.807) is 4.90 Å². The standard InChI is InChI=1S/C26H42N4O4/c1-7-11-21(20-14-12-19(5)13-15-20)28-25(33)30-23(32)26(8-2,9-3)24(30)34-18-22(31)29(10-4)17-16-27-6/h12-15,21,24,27H,7-11,16-18H2,1-6H3,(H,28,33)/t21-,24+/m1/s1. The Kier molecular flexibility index (Phi) is 10.5. The summed E-state index contributed by atoms with van der Waals surface area (Å²) in [6.45, 7) is 11.5. The number of nitrogens with one attached hydrogen (secondary N) is 2. The van der Waals surface area contributed by atoms with Gasteiger partial charge in [0.15, 0.2) is 6.23 Å². The Hall–Kier alpha value is -2.45. The van der Waals surface area contributed by atoms with Gasteiger partial charge in [-0.15, -0.1) is 0 Å². The molecule has 2 rings (SSSR count). The fourth-order valence-electron chi connectivity index (χ4n) is 4.54. The number of hydrogen-bond acceptors (Lipinski definition) is 5. The molecule has 0 bridgehead atoms. The van der Waals surface area contributed by atoms with Gasteiger partial charge >= 0.3 is 6.03 Å². The third kappa shape index (κ3) is 5.96. The van der Waals surface area contributed by atoms with E-state index >= 15 is 0 Å². The molecule has 8 nitrogen and oxygen atoms in total. The molecule has 190 valence electrons. The summed E-state index contributed by atoms with van der Waals surface area (Å²) in [4.78, 5) is 42.0. The Morgan fingerprint density at radius 3 is 2.32 bits per heavy atom. The summed E-state index contributed by atoms with van der Waals surface area (Å²) in [5.74, 6) is -0.392. The van der Waals surface area contributed by atoms with E-state index in [9.17, 15) is 14.4 Å². The summed E-state index contributed by atoms with van der Waals surface area (Å²) in [5.41, 5.74) is 1.36. The highest BCUT2D eigenvalue weighted by atomic mass is 16.5. The summed E-state index contributed by atoms with van der Waals surface area (Å²) < 4.78 is 6.00. The normalized spacial score (nSPS) is 17.8. The lowest BCUT2D eigenvalue weighted by Gasteiger charge is -2.53. The lowest BCUT2D eigenvalue weighted by molar-refractivity contribution is -0.212. The smallest absolute Gasteiger partial charge is 0.326 e. The number of carbonyl (C=O) groups is 3. The maximum absolute atomic E-state index is 13.3. The highest BCUT2D eigenvalue weighted by Crippen LogP contribution is 2.46. The molecule has 1 aromatic rings. The summed E-state index contributed by atoms with van der Waals surface area (Å²) in [6, 6.07) is 7.37. The third-order valence-electron chi connectivity index (χ3n) is 6.92. The molecular formula is C26H42N4O4. The van der Waals surface area contributed by atoms with Crippen molar-refractivity contribution in [3.63, 3.8) is 0 Å². The number of imide groups is 1. The first-order chi connectivity index (χ1) is 16.3. The van der Waals surface area contributed by atoms with Crippen molar-refractivity contribution in [3.05, 3.63) is 35.4 Å². The fourth-order valence-corrected chi connectivity index (χ4v) is 4.54. The van der Waals surface area contributed by atoms with Crippen LogP contribution in [0.4, 0.5) is 4.79 Å². The zero-order valence-electron chi connectivity index (χ0n) is 21.6. The Balaban J connectivity index is 2.17. The van der Waals surface area contributed by atoms with Gasteiger partial charge in [-0.3, -0.25) is 9.59 Å². The van der Waals surface area contributed by atoms with Crippen LogP contribution in [0.25, 0.3) is 0 Å². The minimum atomic E-state index is -0.788. The molecule has 1 saturated heterocycles. The number of nitrogens with zero attached hydrogens (tertiary/aromatic N) is 2. The maximum Gasteiger partial charge on any atom is 0.326 e. The van der Waals surface area contributed by atoms with Gasteiger partial charge in [-0.1, -0.05) is 57.0 Å². The van der Waals surface area contributed by atoms with Crippen LogP contribution >= 0.6 is 0 Å². The van der Waals surface area contributed by atoms with Gasteiger partial charge in [0.25, 0.3) is 0 Å². The minimum Gasteiger partial charge on any atom is -0.347 e. The predicted molar refractivity (Wildman–Crippen MR) is 133 cm³/mol. The molecule has 4 amide bonds. The van der Waals surface area contributed by atoms with Crippen LogP contribution in [0.1, 0.15) is 70.5 Å². The first-order valence-electron chi connectivity index (χ1n) is 12.5. The molecule has 1 aliphatic rings. The Morgan fingerprint density at radius 2 is 1.79 bits per heavy atom. The SMILES string of the molecule is CCC[C@@H](NC(=O)N1C(=O)C(CC)(CC)[C@@H]1OCC(=O)N(CC)CCNC)c1ccc(C)cc1. The Labute approximate surface area is 204 Å². The van der Waals surface area contributed by atoms with E-state index in [0.717, 1.165) is 24.0 Å². The van der Waals surface area contributed by atoms with Crippen molar-refractivity contribution in [2.45, 2.75) is 72.6 Å². The van der Waals surface area contributed by atoms with Gasteiger partial charge in [0.1, 0.15) is 6.61 Å². The molecule has 0 aromatic heterocycles. The van der Waals surface area contributed by atoms with Crippen LogP contribution in [0.5, 0.6) is 0 Å². The van der Waals surface area contributed by atoms with E-state index in [0.29, 0.717) is 32.5 Å². The summed E-state index contributed by atoms with van der Waals surface area (Å²) in [5, 5.41) is 6.07. The highest BCUT2D eigenvalue weighted by molar-refractivity contribution is 6.03. The van der Waals surface area contributed by atoms with Gasteiger partial charge in [0, 0.05) is 19.6 Å². The van der Waals surface area contributed by atoms with Gasteiger partial charge in [-0.2, -0.15) is 0 Å². The zero-order valence-corrected chi connectivity index (χ0v) is 21.6. The first-order valence-corrected chi connectivity index (χ1v) is 12.5. The molecule has 0 aliphatic carbocycles. The molecule has 2 N–H and O–H groups in total. The molecule has 0 spiro atoms. The molecule has 1 aliphatic heterocycles. The molecule has 0 radical (unpaired) electrons. The van der Waals surface area contributed by atoms with E-state index in [2.05, 4.69) is 17.6 Å². The van der Waals surface area contributed by atoms with Crippen LogP contribution in [0, 0.1) is 12.3 Å². The Morgan fingerprint density at radius 1 is 1.15 bits per heavy atom. The Bertz CT molecular complexity index is 823. The maximum atomic E-state index is 13.3. The van der Waals surface area contributed by atoms with E-state index in [4.69, 9.17) is 4.74 Å². The van der Waals surface area contributed by atoms with Gasteiger partial charge in [-0.25, -0.2) is 9.69 Å². The molecule has 1 aromatic carbocycles. The summed E-state index contributed by atoms with van der Waals surface area (Å²) >= 11 is 0. The summed E-state index contributed by atoms with van der Waals surface area (Å²) in [6.07, 6.45) is 1.96. The number of likely N-dealkylation sites (N-methyl/N-ethyl adjacent to an activating group) is 2. The number of benzene rings is 1. The highest BCUT2D eigenvalue weighted by Gasteiger charge is 2.62. The van der Waals surface area contributed by atoms with Crippen molar-refractivity contribution in [3.8, 4) is 0 Å². The third-order valence-corrected chi connectivity index (χ3v) is 6.92. The first kappa shape index (κ1) is 27.8. The van der Waals surface area contributed by atoms with E-state index in [-0.39, 0.29) is 24.5 Å². The average Bonchev–Trinajstić information content (AvgIpc) is 2.83. The molecular weight excluding hydrogens is 432 g/mol. The topological polar surface area (TPSA) is 91.0 Å². The lowest BCUT2D eigenvalue weighted by Crippen LogP contribution is -2.72. The van der Waals surface area contributed by atoms with Gasteiger partial charge in [0.2, 0.25) is 11.8 Å².